The Morgan fingerprint density at radius 2 is 1.71 bits per heavy atom. The third-order valence-corrected chi connectivity index (χ3v) is 4.64. The van der Waals surface area contributed by atoms with E-state index in [1.165, 1.54) is 12.8 Å². The van der Waals surface area contributed by atoms with Crippen LogP contribution in [0.3, 0.4) is 0 Å². The summed E-state index contributed by atoms with van der Waals surface area (Å²) in [6.45, 7) is 1.89. The lowest BCUT2D eigenvalue weighted by Crippen LogP contribution is -2.46. The second kappa shape index (κ2) is 8.11. The molecule has 122 valence electrons. The van der Waals surface area contributed by atoms with E-state index >= 15 is 0 Å². The summed E-state index contributed by atoms with van der Waals surface area (Å²) in [5.74, 6) is -0.320. The normalized spacial score (nSPS) is 36.4. The Kier molecular flexibility index (Phi) is 6.45. The summed E-state index contributed by atoms with van der Waals surface area (Å²) in [7, 11) is 1.71. The first-order valence-electron chi connectivity index (χ1n) is 8.26. The lowest BCUT2D eigenvalue weighted by atomic mass is 9.99. The number of carbonyl (C=O) groups is 1. The molecule has 2 fully saturated rings. The Bertz CT molecular complexity index is 330. The van der Waals surface area contributed by atoms with E-state index in [4.69, 9.17) is 19.9 Å². The molecule has 2 rings (SSSR count). The van der Waals surface area contributed by atoms with Crippen LogP contribution in [0.15, 0.2) is 0 Å². The summed E-state index contributed by atoms with van der Waals surface area (Å²) in [6, 6.07) is -0.515. The van der Waals surface area contributed by atoms with Crippen molar-refractivity contribution in [3.05, 3.63) is 0 Å². The van der Waals surface area contributed by atoms with Crippen LogP contribution in [0.4, 0.5) is 0 Å². The van der Waals surface area contributed by atoms with E-state index in [0.717, 1.165) is 32.1 Å². The zero-order chi connectivity index (χ0) is 15.2. The molecule has 0 aromatic heterocycles. The second-order valence-electron chi connectivity index (χ2n) is 6.31. The lowest BCUT2D eigenvalue weighted by Gasteiger charge is -2.34. The molecule has 5 nitrogen and oxygen atoms in total. The predicted molar refractivity (Wildman–Crippen MR) is 79.9 cm³/mol. The summed E-state index contributed by atoms with van der Waals surface area (Å²) < 4.78 is 17.4. The number of methoxy groups -OCH3 is 1. The molecule has 0 spiro atoms. The minimum Gasteiger partial charge on any atom is -0.459 e. The quantitative estimate of drug-likeness (QED) is 0.809. The maximum Gasteiger partial charge on any atom is 0.323 e. The number of hydrogen-bond acceptors (Lipinski definition) is 5. The van der Waals surface area contributed by atoms with Crippen molar-refractivity contribution in [2.45, 2.75) is 88.7 Å². The largest absolute Gasteiger partial charge is 0.459 e. The molecule has 21 heavy (non-hydrogen) atoms. The van der Waals surface area contributed by atoms with Crippen LogP contribution in [-0.2, 0) is 19.0 Å². The van der Waals surface area contributed by atoms with Crippen molar-refractivity contribution >= 4 is 5.97 Å². The fourth-order valence-electron chi connectivity index (χ4n) is 3.33. The van der Waals surface area contributed by atoms with Gasteiger partial charge in [-0.3, -0.25) is 4.79 Å². The minimum absolute atomic E-state index is 0.0253. The third-order valence-electron chi connectivity index (χ3n) is 4.64. The summed E-state index contributed by atoms with van der Waals surface area (Å²) in [5.41, 5.74) is 5.86. The summed E-state index contributed by atoms with van der Waals surface area (Å²) in [4.78, 5) is 12.0. The number of nitrogens with two attached hydrogens (primary N) is 1. The molecule has 1 saturated carbocycles. The van der Waals surface area contributed by atoms with Crippen LogP contribution in [0.25, 0.3) is 0 Å². The van der Waals surface area contributed by atoms with Gasteiger partial charge in [-0.15, -0.1) is 0 Å². The van der Waals surface area contributed by atoms with Crippen molar-refractivity contribution in [3.63, 3.8) is 0 Å². The average molecular weight is 299 g/mol. The summed E-state index contributed by atoms with van der Waals surface area (Å²) >= 11 is 0. The van der Waals surface area contributed by atoms with Gasteiger partial charge in [0.1, 0.15) is 18.2 Å². The van der Waals surface area contributed by atoms with E-state index in [1.54, 1.807) is 7.11 Å². The highest BCUT2D eigenvalue weighted by molar-refractivity contribution is 5.75. The van der Waals surface area contributed by atoms with E-state index < -0.39 is 6.04 Å². The van der Waals surface area contributed by atoms with Crippen molar-refractivity contribution < 1.29 is 19.0 Å². The van der Waals surface area contributed by atoms with Crippen molar-refractivity contribution in [1.82, 2.24) is 0 Å². The molecule has 1 heterocycles. The van der Waals surface area contributed by atoms with Crippen LogP contribution in [0, 0.1) is 0 Å². The van der Waals surface area contributed by atoms with E-state index in [2.05, 4.69) is 0 Å². The number of esters is 1. The Morgan fingerprint density at radius 3 is 2.38 bits per heavy atom. The van der Waals surface area contributed by atoms with Gasteiger partial charge in [0.25, 0.3) is 0 Å². The molecule has 1 aliphatic heterocycles. The molecule has 0 amide bonds. The van der Waals surface area contributed by atoms with Crippen LogP contribution in [-0.4, -0.2) is 43.5 Å². The first-order chi connectivity index (χ1) is 10.1. The van der Waals surface area contributed by atoms with Crippen molar-refractivity contribution in [2.75, 3.05) is 7.11 Å². The molecular weight excluding hydrogens is 270 g/mol. The highest BCUT2D eigenvalue weighted by Crippen LogP contribution is 2.27. The third kappa shape index (κ3) is 4.66. The van der Waals surface area contributed by atoms with E-state index in [9.17, 15) is 4.79 Å². The summed E-state index contributed by atoms with van der Waals surface area (Å²) in [6.07, 6.45) is 7.84. The Balaban J connectivity index is 2.06. The molecule has 0 bridgehead atoms. The smallest absolute Gasteiger partial charge is 0.323 e. The van der Waals surface area contributed by atoms with Gasteiger partial charge in [-0.1, -0.05) is 25.7 Å². The predicted octanol–water partition coefficient (Wildman–Crippen LogP) is 2.16. The summed E-state index contributed by atoms with van der Waals surface area (Å²) in [5, 5.41) is 0. The molecule has 2 N–H and O–H groups in total. The zero-order valence-corrected chi connectivity index (χ0v) is 13.3. The molecule has 0 radical (unpaired) electrons. The van der Waals surface area contributed by atoms with Crippen LogP contribution in [0.5, 0.6) is 0 Å². The maximum absolute atomic E-state index is 12.0. The molecule has 5 heteroatoms. The Morgan fingerprint density at radius 1 is 1.10 bits per heavy atom. The molecule has 0 aromatic carbocycles. The van der Waals surface area contributed by atoms with Crippen molar-refractivity contribution in [3.8, 4) is 0 Å². The molecule has 1 aliphatic carbocycles. The first-order valence-corrected chi connectivity index (χ1v) is 8.26. The van der Waals surface area contributed by atoms with Crippen LogP contribution in [0.2, 0.25) is 0 Å². The number of hydrogen-bond donors (Lipinski definition) is 1. The van der Waals surface area contributed by atoms with Gasteiger partial charge in [0.2, 0.25) is 0 Å². The first kappa shape index (κ1) is 16.7. The SMILES string of the molecule is CO[C@H]1CCCC[C@H](N)C(=O)O[C@@H](C)[C@@H]1OC1CCCC1. The van der Waals surface area contributed by atoms with E-state index in [0.29, 0.717) is 6.42 Å². The number of cyclic esters (lactones) is 1. The molecular formula is C16H29NO4. The van der Waals surface area contributed by atoms with E-state index in [1.807, 2.05) is 6.92 Å². The average Bonchev–Trinajstić information content (AvgIpc) is 2.97. The lowest BCUT2D eigenvalue weighted by molar-refractivity contribution is -0.175. The number of ether oxygens (including phenoxy) is 3. The minimum atomic E-state index is -0.515. The standard InChI is InChI=1S/C16H29NO4/c1-11-15(21-12-7-3-4-8-12)14(19-2)10-6-5-9-13(17)16(18)20-11/h11-15H,3-10,17H2,1-2H3/t11-,13-,14-,15-/m0/s1. The molecule has 0 aromatic rings. The fraction of sp³-hybridized carbons (Fsp3) is 0.938. The topological polar surface area (TPSA) is 70.8 Å². The van der Waals surface area contributed by atoms with Crippen molar-refractivity contribution in [1.29, 1.82) is 0 Å². The Labute approximate surface area is 127 Å². The van der Waals surface area contributed by atoms with Gasteiger partial charge < -0.3 is 19.9 Å². The highest BCUT2D eigenvalue weighted by atomic mass is 16.6. The van der Waals surface area contributed by atoms with Crippen LogP contribution < -0.4 is 5.73 Å². The van der Waals surface area contributed by atoms with Gasteiger partial charge in [-0.25, -0.2) is 0 Å². The molecule has 2 aliphatic rings. The monoisotopic (exact) mass is 299 g/mol. The second-order valence-corrected chi connectivity index (χ2v) is 6.31. The van der Waals surface area contributed by atoms with Gasteiger partial charge >= 0.3 is 5.97 Å². The molecule has 0 unspecified atom stereocenters. The molecule has 4 atom stereocenters. The van der Waals surface area contributed by atoms with Crippen molar-refractivity contribution in [2.24, 2.45) is 5.73 Å². The number of rotatable bonds is 3. The van der Waals surface area contributed by atoms with Crippen LogP contribution >= 0.6 is 0 Å². The van der Waals surface area contributed by atoms with Gasteiger partial charge in [0.15, 0.2) is 0 Å². The van der Waals surface area contributed by atoms with Gasteiger partial charge in [-0.05, 0) is 32.6 Å². The number of carbonyl (C=O) groups excluding carboxylic acids is 1. The molecule has 1 saturated heterocycles. The zero-order valence-electron chi connectivity index (χ0n) is 13.3. The fourth-order valence-corrected chi connectivity index (χ4v) is 3.33. The van der Waals surface area contributed by atoms with E-state index in [-0.39, 0.29) is 30.4 Å². The van der Waals surface area contributed by atoms with Gasteiger partial charge in [0.05, 0.1) is 12.2 Å². The Hall–Kier alpha value is -0.650. The highest BCUT2D eigenvalue weighted by Gasteiger charge is 2.35. The maximum atomic E-state index is 12.0. The van der Waals surface area contributed by atoms with Crippen LogP contribution in [0.1, 0.15) is 58.3 Å². The van der Waals surface area contributed by atoms with Gasteiger partial charge in [-0.2, -0.15) is 0 Å². The van der Waals surface area contributed by atoms with Gasteiger partial charge in [0, 0.05) is 7.11 Å².